The van der Waals surface area contributed by atoms with Crippen molar-refractivity contribution in [2.24, 2.45) is 10.7 Å². The van der Waals surface area contributed by atoms with Gasteiger partial charge in [0.15, 0.2) is 6.29 Å². The number of amidine groups is 1. The van der Waals surface area contributed by atoms with Crippen molar-refractivity contribution in [3.05, 3.63) is 53.7 Å². The number of hydrogen-bond acceptors (Lipinski definition) is 3. The molecule has 0 aromatic heterocycles. The van der Waals surface area contributed by atoms with Crippen LogP contribution in [0.4, 0.5) is 0 Å². The number of carbonyl (C=O) groups is 1. The lowest BCUT2D eigenvalue weighted by Crippen LogP contribution is -2.19. The molecule has 1 aromatic carbocycles. The third-order valence-corrected chi connectivity index (χ3v) is 1.97. The van der Waals surface area contributed by atoms with E-state index >= 15 is 0 Å². The summed E-state index contributed by atoms with van der Waals surface area (Å²) in [4.78, 5) is 14.6. The van der Waals surface area contributed by atoms with Gasteiger partial charge >= 0.3 is 0 Å². The van der Waals surface area contributed by atoms with Crippen LogP contribution in [0, 0.1) is 0 Å². The molecule has 0 fully saturated rings. The van der Waals surface area contributed by atoms with Crippen LogP contribution in [0.2, 0.25) is 5.02 Å². The normalized spacial score (nSPS) is 11.5. The number of benzene rings is 1. The number of aliphatic imine (C=N–C) groups is 1. The van der Waals surface area contributed by atoms with E-state index in [1.165, 1.54) is 12.3 Å². The minimum Gasteiger partial charge on any atom is -0.425 e. The van der Waals surface area contributed by atoms with E-state index in [-0.39, 0.29) is 6.02 Å². The smallest absolute Gasteiger partial charge is 0.292 e. The van der Waals surface area contributed by atoms with E-state index in [9.17, 15) is 4.79 Å². The molecule has 0 unspecified atom stereocenters. The average Bonchev–Trinajstić information content (AvgIpc) is 2.32. The Labute approximate surface area is 104 Å². The largest absolute Gasteiger partial charge is 0.425 e. The number of ether oxygens (including phenoxy) is 1. The fraction of sp³-hybridized carbons (Fsp3) is 0. The summed E-state index contributed by atoms with van der Waals surface area (Å²) >= 11 is 5.74. The van der Waals surface area contributed by atoms with Crippen LogP contribution in [-0.4, -0.2) is 12.3 Å². The zero-order valence-electron chi connectivity index (χ0n) is 8.97. The molecule has 17 heavy (non-hydrogen) atoms. The summed E-state index contributed by atoms with van der Waals surface area (Å²) in [7, 11) is 0. The predicted octanol–water partition coefficient (Wildman–Crippen LogP) is 2.55. The molecule has 0 aliphatic heterocycles. The van der Waals surface area contributed by atoms with Gasteiger partial charge in [-0.3, -0.25) is 4.79 Å². The number of nitrogens with two attached hydrogens (primary N) is 1. The molecular weight excluding hydrogens is 240 g/mol. The van der Waals surface area contributed by atoms with Crippen molar-refractivity contribution in [1.82, 2.24) is 0 Å². The van der Waals surface area contributed by atoms with Crippen molar-refractivity contribution < 1.29 is 9.53 Å². The van der Waals surface area contributed by atoms with Crippen molar-refractivity contribution in [2.45, 2.75) is 0 Å². The van der Waals surface area contributed by atoms with E-state index in [1.54, 1.807) is 24.3 Å². The summed E-state index contributed by atoms with van der Waals surface area (Å²) in [5.74, 6) is 0.303. The Morgan fingerprint density at radius 2 is 2.29 bits per heavy atom. The molecule has 0 spiro atoms. The lowest BCUT2D eigenvalue weighted by atomic mass is 10.2. The van der Waals surface area contributed by atoms with Gasteiger partial charge < -0.3 is 10.5 Å². The van der Waals surface area contributed by atoms with Gasteiger partial charge in [-0.1, -0.05) is 24.3 Å². The SMILES string of the molecule is C=C/C=C\N=C(N)Oc1ccc(Cl)cc1C=O. The molecule has 1 aromatic rings. The van der Waals surface area contributed by atoms with Gasteiger partial charge in [0.1, 0.15) is 5.75 Å². The van der Waals surface area contributed by atoms with Crippen LogP contribution in [0.25, 0.3) is 0 Å². The van der Waals surface area contributed by atoms with Crippen LogP contribution in [0.1, 0.15) is 10.4 Å². The molecule has 2 N–H and O–H groups in total. The van der Waals surface area contributed by atoms with Gasteiger partial charge in [0.25, 0.3) is 6.02 Å². The summed E-state index contributed by atoms with van der Waals surface area (Å²) in [5.41, 5.74) is 5.81. The predicted molar refractivity (Wildman–Crippen MR) is 68.4 cm³/mol. The van der Waals surface area contributed by atoms with Crippen LogP contribution in [0.5, 0.6) is 5.75 Å². The number of nitrogens with zero attached hydrogens (tertiary/aromatic N) is 1. The van der Waals surface area contributed by atoms with Crippen molar-refractivity contribution in [3.63, 3.8) is 0 Å². The molecule has 0 saturated heterocycles. The van der Waals surface area contributed by atoms with Gasteiger partial charge in [0.05, 0.1) is 5.56 Å². The summed E-state index contributed by atoms with van der Waals surface area (Å²) in [6, 6.07) is 4.55. The van der Waals surface area contributed by atoms with E-state index < -0.39 is 0 Å². The first kappa shape index (κ1) is 13.0. The second-order valence-corrected chi connectivity index (χ2v) is 3.38. The standard InChI is InChI=1S/C12H11ClN2O2/c1-2-3-6-15-12(14)17-11-5-4-10(13)7-9(11)8-16/h2-8H,1H2,(H2,14,15)/b6-3-. The summed E-state index contributed by atoms with van der Waals surface area (Å²) < 4.78 is 5.19. The van der Waals surface area contributed by atoms with E-state index in [0.29, 0.717) is 22.6 Å². The maximum absolute atomic E-state index is 10.8. The lowest BCUT2D eigenvalue weighted by Gasteiger charge is -2.06. The molecule has 1 rings (SSSR count). The van der Waals surface area contributed by atoms with Crippen molar-refractivity contribution in [2.75, 3.05) is 0 Å². The van der Waals surface area contributed by atoms with Crippen molar-refractivity contribution in [1.29, 1.82) is 0 Å². The Morgan fingerprint density at radius 1 is 1.53 bits per heavy atom. The highest BCUT2D eigenvalue weighted by atomic mass is 35.5. The molecule has 0 aliphatic carbocycles. The highest BCUT2D eigenvalue weighted by molar-refractivity contribution is 6.30. The highest BCUT2D eigenvalue weighted by Crippen LogP contribution is 2.21. The molecule has 0 aliphatic rings. The molecular formula is C12H11ClN2O2. The van der Waals surface area contributed by atoms with E-state index in [0.717, 1.165) is 0 Å². The maximum atomic E-state index is 10.8. The quantitative estimate of drug-likeness (QED) is 0.387. The number of carbonyl (C=O) groups excluding carboxylic acids is 1. The molecule has 0 atom stereocenters. The van der Waals surface area contributed by atoms with Gasteiger partial charge in [-0.2, -0.15) is 0 Å². The minimum absolute atomic E-state index is 0.0754. The van der Waals surface area contributed by atoms with Crippen LogP contribution in [-0.2, 0) is 0 Å². The number of aldehydes is 1. The van der Waals surface area contributed by atoms with Gasteiger partial charge in [-0.05, 0) is 24.3 Å². The van der Waals surface area contributed by atoms with Gasteiger partial charge in [0, 0.05) is 11.2 Å². The number of rotatable bonds is 4. The summed E-state index contributed by atoms with van der Waals surface area (Å²) in [6.07, 6.45) is 5.21. The fourth-order valence-electron chi connectivity index (χ4n) is 1.02. The van der Waals surface area contributed by atoms with E-state index in [1.807, 2.05) is 0 Å². The first-order valence-electron chi connectivity index (χ1n) is 4.71. The molecule has 5 heteroatoms. The van der Waals surface area contributed by atoms with Gasteiger partial charge in [0.2, 0.25) is 0 Å². The Kier molecular flexibility index (Phi) is 4.97. The number of halogens is 1. The molecule has 88 valence electrons. The molecule has 0 radical (unpaired) electrons. The summed E-state index contributed by atoms with van der Waals surface area (Å²) in [5, 5.41) is 0.446. The topological polar surface area (TPSA) is 64.7 Å². The van der Waals surface area contributed by atoms with Crippen molar-refractivity contribution >= 4 is 23.9 Å². The lowest BCUT2D eigenvalue weighted by molar-refractivity contribution is 0.112. The van der Waals surface area contributed by atoms with E-state index in [4.69, 9.17) is 22.1 Å². The molecule has 0 heterocycles. The third-order valence-electron chi connectivity index (χ3n) is 1.74. The van der Waals surface area contributed by atoms with Gasteiger partial charge in [-0.25, -0.2) is 4.99 Å². The Morgan fingerprint density at radius 3 is 2.94 bits per heavy atom. The zero-order valence-corrected chi connectivity index (χ0v) is 9.72. The van der Waals surface area contributed by atoms with Gasteiger partial charge in [-0.15, -0.1) is 0 Å². The van der Waals surface area contributed by atoms with Crippen LogP contribution < -0.4 is 10.5 Å². The van der Waals surface area contributed by atoms with E-state index in [2.05, 4.69) is 11.6 Å². The average molecular weight is 251 g/mol. The maximum Gasteiger partial charge on any atom is 0.292 e. The second-order valence-electron chi connectivity index (χ2n) is 2.95. The minimum atomic E-state index is -0.0754. The fourth-order valence-corrected chi connectivity index (χ4v) is 1.20. The van der Waals surface area contributed by atoms with Crippen molar-refractivity contribution in [3.8, 4) is 5.75 Å². The van der Waals surface area contributed by atoms with Crippen LogP contribution >= 0.6 is 11.6 Å². The monoisotopic (exact) mass is 250 g/mol. The Bertz CT molecular complexity index is 481. The zero-order chi connectivity index (χ0) is 12.7. The number of allylic oxidation sites excluding steroid dienone is 2. The Hall–Kier alpha value is -2.07. The first-order valence-corrected chi connectivity index (χ1v) is 5.08. The Balaban J connectivity index is 2.87. The molecule has 0 bridgehead atoms. The molecule has 0 amide bonds. The van der Waals surface area contributed by atoms with Crippen LogP contribution in [0.3, 0.4) is 0 Å². The highest BCUT2D eigenvalue weighted by Gasteiger charge is 2.05. The first-order chi connectivity index (χ1) is 8.17. The third kappa shape index (κ3) is 4.12. The second kappa shape index (κ2) is 6.50. The molecule has 4 nitrogen and oxygen atoms in total. The number of hydrogen-bond donors (Lipinski definition) is 1. The summed E-state index contributed by atoms with van der Waals surface area (Å²) in [6.45, 7) is 3.48. The molecule has 0 saturated carbocycles. The van der Waals surface area contributed by atoms with Crippen LogP contribution in [0.15, 0.2) is 48.1 Å².